The Hall–Kier alpha value is -1.05. The first-order chi connectivity index (χ1) is 7.72. The zero-order valence-corrected chi connectivity index (χ0v) is 9.98. The number of hydrogen-bond donors (Lipinski definition) is 1. The molecule has 1 fully saturated rings. The molecule has 2 rings (SSSR count). The maximum atomic E-state index is 12.1. The Balaban J connectivity index is 2.10. The Morgan fingerprint density at radius 1 is 1.69 bits per heavy atom. The minimum atomic E-state index is -0.00134. The molecule has 0 bridgehead atoms. The van der Waals surface area contributed by atoms with Gasteiger partial charge in [-0.1, -0.05) is 4.49 Å². The largest absolute Gasteiger partial charge is 0.331 e. The van der Waals surface area contributed by atoms with E-state index in [1.54, 1.807) is 0 Å². The summed E-state index contributed by atoms with van der Waals surface area (Å²) in [5, 5.41) is 3.68. The number of hydrogen-bond acceptors (Lipinski definition) is 6. The maximum Gasteiger partial charge on any atom is 0.267 e. The number of nitrogens with two attached hydrogens (primary N) is 1. The van der Waals surface area contributed by atoms with Crippen LogP contribution in [0.25, 0.3) is 0 Å². The molecule has 16 heavy (non-hydrogen) atoms. The molecule has 1 saturated heterocycles. The molecule has 0 saturated carbocycles. The van der Waals surface area contributed by atoms with E-state index >= 15 is 0 Å². The lowest BCUT2D eigenvalue weighted by Crippen LogP contribution is -2.56. The van der Waals surface area contributed by atoms with E-state index in [-0.39, 0.29) is 11.9 Å². The Morgan fingerprint density at radius 2 is 2.50 bits per heavy atom. The van der Waals surface area contributed by atoms with Crippen molar-refractivity contribution in [2.24, 2.45) is 5.73 Å². The quantitative estimate of drug-likeness (QED) is 0.737. The highest BCUT2D eigenvalue weighted by molar-refractivity contribution is 7.07. The lowest BCUT2D eigenvalue weighted by molar-refractivity contribution is 0.0520. The van der Waals surface area contributed by atoms with Crippen molar-refractivity contribution in [2.75, 3.05) is 33.2 Å². The zero-order valence-electron chi connectivity index (χ0n) is 9.17. The summed E-state index contributed by atoms with van der Waals surface area (Å²) in [4.78, 5) is 16.7. The first-order valence-electron chi connectivity index (χ1n) is 5.19. The summed E-state index contributed by atoms with van der Waals surface area (Å²) >= 11 is 1.13. The van der Waals surface area contributed by atoms with Gasteiger partial charge in [0, 0.05) is 26.2 Å². The topological polar surface area (TPSA) is 75.3 Å². The van der Waals surface area contributed by atoms with Crippen molar-refractivity contribution in [1.82, 2.24) is 19.4 Å². The van der Waals surface area contributed by atoms with Gasteiger partial charge in [0.25, 0.3) is 5.91 Å². The fraction of sp³-hybridized carbons (Fsp3) is 0.667. The van der Waals surface area contributed by atoms with Crippen molar-refractivity contribution in [1.29, 1.82) is 0 Å². The van der Waals surface area contributed by atoms with Crippen molar-refractivity contribution in [2.45, 2.75) is 6.04 Å². The summed E-state index contributed by atoms with van der Waals surface area (Å²) in [7, 11) is 2.04. The summed E-state index contributed by atoms with van der Waals surface area (Å²) in [5.41, 5.74) is 5.70. The molecule has 1 aliphatic heterocycles. The predicted octanol–water partition coefficient (Wildman–Crippen LogP) is -0.747. The van der Waals surface area contributed by atoms with Crippen LogP contribution in [-0.2, 0) is 0 Å². The number of carbonyl (C=O) groups excluding carboxylic acids is 1. The van der Waals surface area contributed by atoms with Crippen molar-refractivity contribution in [3.05, 3.63) is 11.1 Å². The summed E-state index contributed by atoms with van der Waals surface area (Å²) in [6.07, 6.45) is 1.51. The second kappa shape index (κ2) is 4.86. The molecular formula is C9H15N5OS. The average molecular weight is 241 g/mol. The van der Waals surface area contributed by atoms with Gasteiger partial charge >= 0.3 is 0 Å². The lowest BCUT2D eigenvalue weighted by Gasteiger charge is -2.39. The highest BCUT2D eigenvalue weighted by atomic mass is 32.1. The van der Waals surface area contributed by atoms with Crippen LogP contribution in [-0.4, -0.2) is 64.6 Å². The molecule has 1 atom stereocenters. The summed E-state index contributed by atoms with van der Waals surface area (Å²) < 4.78 is 3.71. The highest BCUT2D eigenvalue weighted by Gasteiger charge is 2.29. The predicted molar refractivity (Wildman–Crippen MR) is 61.3 cm³/mol. The Morgan fingerprint density at radius 3 is 3.12 bits per heavy atom. The molecule has 0 radical (unpaired) electrons. The van der Waals surface area contributed by atoms with E-state index < -0.39 is 0 Å². The van der Waals surface area contributed by atoms with Gasteiger partial charge in [0.15, 0.2) is 0 Å². The van der Waals surface area contributed by atoms with Crippen LogP contribution in [0.5, 0.6) is 0 Å². The van der Waals surface area contributed by atoms with Crippen molar-refractivity contribution < 1.29 is 4.79 Å². The van der Waals surface area contributed by atoms with Crippen LogP contribution in [0.2, 0.25) is 0 Å². The number of amides is 1. The van der Waals surface area contributed by atoms with E-state index in [1.807, 2.05) is 11.9 Å². The standard InChI is InChI=1S/C9H15N5OS/c1-13-2-3-14(7(4-10)6-13)9(15)8-5-11-12-16-8/h5,7H,2-4,6,10H2,1H3. The van der Waals surface area contributed by atoms with Gasteiger partial charge in [0.1, 0.15) is 4.88 Å². The SMILES string of the molecule is CN1CCN(C(=O)c2cnns2)C(CN)C1. The van der Waals surface area contributed by atoms with E-state index in [2.05, 4.69) is 14.5 Å². The molecule has 1 aromatic heterocycles. The second-order valence-corrected chi connectivity index (χ2v) is 4.72. The molecule has 2 heterocycles. The van der Waals surface area contributed by atoms with Crippen molar-refractivity contribution in [3.8, 4) is 0 Å². The maximum absolute atomic E-state index is 12.1. The van der Waals surface area contributed by atoms with Crippen molar-refractivity contribution >= 4 is 17.4 Å². The third-order valence-electron chi connectivity index (χ3n) is 2.79. The van der Waals surface area contributed by atoms with Gasteiger partial charge in [-0.25, -0.2) is 0 Å². The minimum absolute atomic E-state index is 0.00134. The van der Waals surface area contributed by atoms with Gasteiger partial charge in [-0.2, -0.15) is 0 Å². The fourth-order valence-electron chi connectivity index (χ4n) is 1.88. The summed E-state index contributed by atoms with van der Waals surface area (Å²) in [6, 6.07) is 0.0911. The molecule has 2 N–H and O–H groups in total. The number of rotatable bonds is 2. The molecule has 0 spiro atoms. The van der Waals surface area contributed by atoms with Crippen molar-refractivity contribution in [3.63, 3.8) is 0 Å². The van der Waals surface area contributed by atoms with Gasteiger partial charge in [-0.05, 0) is 18.6 Å². The first-order valence-corrected chi connectivity index (χ1v) is 5.96. The van der Waals surface area contributed by atoms with Crippen LogP contribution in [0.4, 0.5) is 0 Å². The molecule has 0 aromatic carbocycles. The molecule has 7 heteroatoms. The Bertz CT molecular complexity index is 355. The third kappa shape index (κ3) is 2.21. The van der Waals surface area contributed by atoms with Crippen LogP contribution >= 0.6 is 11.5 Å². The first kappa shape index (κ1) is 11.4. The smallest absolute Gasteiger partial charge is 0.267 e. The molecule has 0 aliphatic carbocycles. The van der Waals surface area contributed by atoms with E-state index in [1.165, 1.54) is 6.20 Å². The third-order valence-corrected chi connectivity index (χ3v) is 3.44. The number of carbonyl (C=O) groups is 1. The van der Waals surface area contributed by atoms with Crippen LogP contribution in [0, 0.1) is 0 Å². The normalized spacial score (nSPS) is 22.4. The van der Waals surface area contributed by atoms with E-state index in [4.69, 9.17) is 5.73 Å². The zero-order chi connectivity index (χ0) is 11.5. The van der Waals surface area contributed by atoms with E-state index in [0.29, 0.717) is 11.4 Å². The highest BCUT2D eigenvalue weighted by Crippen LogP contribution is 2.14. The average Bonchev–Trinajstić information content (AvgIpc) is 2.81. The van der Waals surface area contributed by atoms with E-state index in [9.17, 15) is 4.79 Å². The molecule has 1 aromatic rings. The fourth-order valence-corrected chi connectivity index (χ4v) is 2.35. The van der Waals surface area contributed by atoms with Crippen LogP contribution < -0.4 is 5.73 Å². The van der Waals surface area contributed by atoms with Gasteiger partial charge in [-0.15, -0.1) is 5.10 Å². The lowest BCUT2D eigenvalue weighted by atomic mass is 10.1. The number of piperazine rings is 1. The number of nitrogens with zero attached hydrogens (tertiary/aromatic N) is 4. The van der Waals surface area contributed by atoms with Gasteiger partial charge in [0.2, 0.25) is 0 Å². The van der Waals surface area contributed by atoms with Gasteiger partial charge in [0.05, 0.1) is 12.2 Å². The van der Waals surface area contributed by atoms with E-state index in [0.717, 1.165) is 31.2 Å². The Kier molecular flexibility index (Phi) is 3.47. The molecule has 1 aliphatic rings. The second-order valence-electron chi connectivity index (χ2n) is 3.93. The van der Waals surface area contributed by atoms with Crippen LogP contribution in [0.15, 0.2) is 6.20 Å². The summed E-state index contributed by atoms with van der Waals surface area (Å²) in [5.74, 6) is -0.00134. The summed E-state index contributed by atoms with van der Waals surface area (Å²) in [6.45, 7) is 2.92. The van der Waals surface area contributed by atoms with Crippen LogP contribution in [0.1, 0.15) is 9.67 Å². The minimum Gasteiger partial charge on any atom is -0.331 e. The van der Waals surface area contributed by atoms with Crippen LogP contribution in [0.3, 0.4) is 0 Å². The molecule has 1 unspecified atom stereocenters. The number of aromatic nitrogens is 2. The molecule has 6 nitrogen and oxygen atoms in total. The molecule has 88 valence electrons. The van der Waals surface area contributed by atoms with Gasteiger partial charge < -0.3 is 15.5 Å². The van der Waals surface area contributed by atoms with Gasteiger partial charge in [-0.3, -0.25) is 4.79 Å². The Labute approximate surface area is 98.2 Å². The molecular weight excluding hydrogens is 226 g/mol. The number of likely N-dealkylation sites (N-methyl/N-ethyl adjacent to an activating group) is 1. The molecule has 1 amide bonds. The monoisotopic (exact) mass is 241 g/mol.